The van der Waals surface area contributed by atoms with E-state index in [1.807, 2.05) is 61.5 Å². The predicted molar refractivity (Wildman–Crippen MR) is 144 cm³/mol. The van der Waals surface area contributed by atoms with E-state index in [-0.39, 0.29) is 23.3 Å². The molecule has 0 aliphatic carbocycles. The Hall–Kier alpha value is -4.06. The third kappa shape index (κ3) is 5.10. The Labute approximate surface area is 218 Å². The van der Waals surface area contributed by atoms with Crippen LogP contribution in [0.3, 0.4) is 0 Å². The van der Waals surface area contributed by atoms with Gasteiger partial charge in [-0.15, -0.1) is 0 Å². The van der Waals surface area contributed by atoms with E-state index in [1.54, 1.807) is 19.2 Å². The van der Waals surface area contributed by atoms with Gasteiger partial charge in [0.15, 0.2) is 0 Å². The van der Waals surface area contributed by atoms with Crippen LogP contribution >= 0.6 is 0 Å². The number of ketones is 1. The molecule has 192 valence electrons. The van der Waals surface area contributed by atoms with Crippen molar-refractivity contribution in [2.75, 3.05) is 14.2 Å². The number of hydrogen-bond acceptors (Lipinski definition) is 5. The molecule has 0 spiro atoms. The van der Waals surface area contributed by atoms with Gasteiger partial charge in [0, 0.05) is 6.54 Å². The second-order valence-electron chi connectivity index (χ2n) is 10.4. The van der Waals surface area contributed by atoms with Gasteiger partial charge in [-0.05, 0) is 53.3 Å². The van der Waals surface area contributed by atoms with Crippen LogP contribution in [0.4, 0.5) is 0 Å². The lowest BCUT2D eigenvalue weighted by atomic mass is 9.85. The molecule has 6 heteroatoms. The molecule has 1 atom stereocenters. The number of hydrogen-bond donors (Lipinski definition) is 1. The minimum absolute atomic E-state index is 0.0471. The lowest BCUT2D eigenvalue weighted by Crippen LogP contribution is -2.29. The van der Waals surface area contributed by atoms with E-state index >= 15 is 0 Å². The Morgan fingerprint density at radius 2 is 1.57 bits per heavy atom. The zero-order chi connectivity index (χ0) is 26.9. The molecule has 0 saturated carbocycles. The van der Waals surface area contributed by atoms with Crippen LogP contribution in [0.25, 0.3) is 5.76 Å². The van der Waals surface area contributed by atoms with Crippen molar-refractivity contribution in [3.63, 3.8) is 0 Å². The van der Waals surface area contributed by atoms with Crippen molar-refractivity contribution in [2.24, 2.45) is 0 Å². The highest BCUT2D eigenvalue weighted by Crippen LogP contribution is 2.42. The van der Waals surface area contributed by atoms with Gasteiger partial charge in [0.1, 0.15) is 17.3 Å². The summed E-state index contributed by atoms with van der Waals surface area (Å²) in [5.41, 5.74) is 3.97. The number of methoxy groups -OCH3 is 2. The minimum Gasteiger partial charge on any atom is -0.507 e. The molecule has 0 radical (unpaired) electrons. The topological polar surface area (TPSA) is 76.1 Å². The number of aliphatic hydroxyl groups is 1. The molecule has 1 amide bonds. The van der Waals surface area contributed by atoms with Gasteiger partial charge in [-0.25, -0.2) is 0 Å². The number of aryl methyl sites for hydroxylation is 1. The van der Waals surface area contributed by atoms with Crippen molar-refractivity contribution in [3.05, 3.63) is 100 Å². The summed E-state index contributed by atoms with van der Waals surface area (Å²) >= 11 is 0. The first-order valence-electron chi connectivity index (χ1n) is 12.2. The number of amides is 1. The summed E-state index contributed by atoms with van der Waals surface area (Å²) in [5, 5.41) is 11.5. The average molecular weight is 500 g/mol. The molecule has 3 aromatic rings. The standard InChI is InChI=1S/C31H33NO5/c1-19-7-16-25(37-6)24(17-19)28(33)26-27(21-10-12-22(13-11-21)31(2,3)4)32(30(35)29(26)34)18-20-8-14-23(36-5)15-9-20/h7-17,27,33H,18H2,1-6H3/b28-26+. The number of likely N-dealkylation sites (tertiary alicyclic amines) is 1. The fourth-order valence-corrected chi connectivity index (χ4v) is 4.63. The highest BCUT2D eigenvalue weighted by Gasteiger charge is 2.46. The predicted octanol–water partition coefficient (Wildman–Crippen LogP) is 5.93. The van der Waals surface area contributed by atoms with Crippen LogP contribution in [0.2, 0.25) is 0 Å². The zero-order valence-corrected chi connectivity index (χ0v) is 22.2. The van der Waals surface area contributed by atoms with Gasteiger partial charge in [0.2, 0.25) is 0 Å². The number of ether oxygens (including phenoxy) is 2. The van der Waals surface area contributed by atoms with Crippen molar-refractivity contribution in [1.82, 2.24) is 4.90 Å². The normalized spacial score (nSPS) is 17.2. The molecule has 1 N–H and O–H groups in total. The fourth-order valence-electron chi connectivity index (χ4n) is 4.63. The maximum atomic E-state index is 13.4. The molecule has 1 saturated heterocycles. The smallest absolute Gasteiger partial charge is 0.295 e. The first-order valence-corrected chi connectivity index (χ1v) is 12.2. The lowest BCUT2D eigenvalue weighted by Gasteiger charge is -2.27. The first kappa shape index (κ1) is 26.0. The van der Waals surface area contributed by atoms with Crippen LogP contribution in [0.1, 0.15) is 54.6 Å². The lowest BCUT2D eigenvalue weighted by molar-refractivity contribution is -0.140. The molecule has 0 bridgehead atoms. The fraction of sp³-hybridized carbons (Fsp3) is 0.290. The molecule has 1 heterocycles. The molecule has 1 unspecified atom stereocenters. The molecule has 3 aromatic carbocycles. The Morgan fingerprint density at radius 3 is 2.14 bits per heavy atom. The molecular formula is C31H33NO5. The van der Waals surface area contributed by atoms with Crippen LogP contribution < -0.4 is 9.47 Å². The summed E-state index contributed by atoms with van der Waals surface area (Å²) in [7, 11) is 3.10. The number of benzene rings is 3. The van der Waals surface area contributed by atoms with Gasteiger partial charge in [-0.3, -0.25) is 9.59 Å². The average Bonchev–Trinajstić information content (AvgIpc) is 3.13. The van der Waals surface area contributed by atoms with E-state index in [4.69, 9.17) is 9.47 Å². The monoisotopic (exact) mass is 499 g/mol. The van der Waals surface area contributed by atoms with Crippen molar-refractivity contribution in [3.8, 4) is 11.5 Å². The third-order valence-corrected chi connectivity index (χ3v) is 6.75. The van der Waals surface area contributed by atoms with Crippen molar-refractivity contribution in [1.29, 1.82) is 0 Å². The number of Topliss-reactive ketones (excluding diaryl/α,β-unsaturated/α-hetero) is 1. The summed E-state index contributed by atoms with van der Waals surface area (Å²) in [6.07, 6.45) is 0. The molecule has 37 heavy (non-hydrogen) atoms. The van der Waals surface area contributed by atoms with E-state index in [0.717, 1.165) is 22.3 Å². The van der Waals surface area contributed by atoms with E-state index in [0.29, 0.717) is 17.1 Å². The Balaban J connectivity index is 1.88. The maximum Gasteiger partial charge on any atom is 0.295 e. The Morgan fingerprint density at radius 1 is 0.919 bits per heavy atom. The third-order valence-electron chi connectivity index (χ3n) is 6.75. The van der Waals surface area contributed by atoms with Gasteiger partial charge in [-0.2, -0.15) is 0 Å². The van der Waals surface area contributed by atoms with Gasteiger partial charge < -0.3 is 19.5 Å². The molecular weight excluding hydrogens is 466 g/mol. The summed E-state index contributed by atoms with van der Waals surface area (Å²) in [6, 6.07) is 19.8. The van der Waals surface area contributed by atoms with E-state index in [2.05, 4.69) is 20.8 Å². The number of rotatable bonds is 6. The van der Waals surface area contributed by atoms with Crippen molar-refractivity contribution >= 4 is 17.4 Å². The van der Waals surface area contributed by atoms with Crippen LogP contribution in [0.5, 0.6) is 11.5 Å². The number of aliphatic hydroxyl groups excluding tert-OH is 1. The minimum atomic E-state index is -0.763. The Kier molecular flexibility index (Phi) is 7.12. The van der Waals surface area contributed by atoms with Crippen molar-refractivity contribution in [2.45, 2.75) is 45.7 Å². The van der Waals surface area contributed by atoms with Gasteiger partial charge in [0.25, 0.3) is 11.7 Å². The summed E-state index contributed by atoms with van der Waals surface area (Å²) in [4.78, 5) is 28.3. The molecule has 0 aromatic heterocycles. The number of carbonyl (C=O) groups excluding carboxylic acids is 2. The van der Waals surface area contributed by atoms with Crippen LogP contribution in [0.15, 0.2) is 72.3 Å². The van der Waals surface area contributed by atoms with E-state index in [1.165, 1.54) is 12.0 Å². The van der Waals surface area contributed by atoms with Gasteiger partial charge in [0.05, 0.1) is 31.4 Å². The van der Waals surface area contributed by atoms with Crippen LogP contribution in [-0.4, -0.2) is 35.9 Å². The molecule has 1 aliphatic heterocycles. The molecule has 1 aliphatic rings. The zero-order valence-electron chi connectivity index (χ0n) is 22.2. The van der Waals surface area contributed by atoms with E-state index in [9.17, 15) is 14.7 Å². The summed E-state index contributed by atoms with van der Waals surface area (Å²) in [6.45, 7) is 8.47. The van der Waals surface area contributed by atoms with Crippen LogP contribution in [0, 0.1) is 6.92 Å². The van der Waals surface area contributed by atoms with Crippen LogP contribution in [-0.2, 0) is 21.5 Å². The van der Waals surface area contributed by atoms with Crippen molar-refractivity contribution < 1.29 is 24.2 Å². The first-order chi connectivity index (χ1) is 17.5. The van der Waals surface area contributed by atoms with Gasteiger partial charge in [-0.1, -0.05) is 68.8 Å². The quantitative estimate of drug-likeness (QED) is 0.258. The number of nitrogens with zero attached hydrogens (tertiary/aromatic N) is 1. The second-order valence-corrected chi connectivity index (χ2v) is 10.4. The Bertz CT molecular complexity index is 1350. The SMILES string of the molecule is COc1ccc(CN2C(=O)C(=O)/C(=C(/O)c3cc(C)ccc3OC)C2c2ccc(C(C)(C)C)cc2)cc1. The van der Waals surface area contributed by atoms with E-state index < -0.39 is 17.7 Å². The maximum absolute atomic E-state index is 13.4. The number of carbonyl (C=O) groups is 2. The largest absolute Gasteiger partial charge is 0.507 e. The molecule has 4 rings (SSSR count). The highest BCUT2D eigenvalue weighted by atomic mass is 16.5. The molecule has 6 nitrogen and oxygen atoms in total. The summed E-state index contributed by atoms with van der Waals surface area (Å²) in [5.74, 6) is -0.507. The summed E-state index contributed by atoms with van der Waals surface area (Å²) < 4.78 is 10.7. The second kappa shape index (κ2) is 10.1. The highest BCUT2D eigenvalue weighted by molar-refractivity contribution is 6.46. The molecule has 1 fully saturated rings. The van der Waals surface area contributed by atoms with Gasteiger partial charge >= 0.3 is 0 Å².